The van der Waals surface area contributed by atoms with Crippen LogP contribution in [0, 0.1) is 5.41 Å². The lowest BCUT2D eigenvalue weighted by Crippen LogP contribution is -2.10. The van der Waals surface area contributed by atoms with E-state index in [-0.39, 0.29) is 5.84 Å². The molecule has 0 unspecified atom stereocenters. The molecular weight excluding hydrogens is 376 g/mol. The number of ether oxygens (including phenoxy) is 1. The Kier molecular flexibility index (Phi) is 5.97. The zero-order chi connectivity index (χ0) is 20.9. The minimum absolute atomic E-state index is 0.0385. The highest BCUT2D eigenvalue weighted by Crippen LogP contribution is 2.25. The second-order valence-corrected chi connectivity index (χ2v) is 7.60. The standard InChI is InChI=1S/C23H28N6O/c1-2-3-4-5-6-12-30-19-9-7-8-17-22(19)29-21(27-17)14-20-26-16-11-10-15(23(24)25)13-18(16)28-20/h7-11,13H,2-6,12,14H2,1H3,(H3,24,25)(H,26,28)(H,27,29). The number of hydrogen-bond acceptors (Lipinski definition) is 4. The van der Waals surface area contributed by atoms with Gasteiger partial charge in [-0.1, -0.05) is 38.7 Å². The monoisotopic (exact) mass is 404 g/mol. The molecule has 0 aliphatic carbocycles. The first-order valence-corrected chi connectivity index (χ1v) is 10.6. The molecule has 4 rings (SSSR count). The van der Waals surface area contributed by atoms with E-state index < -0.39 is 0 Å². The van der Waals surface area contributed by atoms with E-state index in [1.54, 1.807) is 0 Å². The van der Waals surface area contributed by atoms with Crippen molar-refractivity contribution in [2.75, 3.05) is 6.61 Å². The van der Waals surface area contributed by atoms with Crippen LogP contribution < -0.4 is 10.5 Å². The van der Waals surface area contributed by atoms with Crippen LogP contribution in [0.3, 0.4) is 0 Å². The van der Waals surface area contributed by atoms with Gasteiger partial charge in [-0.25, -0.2) is 9.97 Å². The van der Waals surface area contributed by atoms with Gasteiger partial charge in [0.15, 0.2) is 0 Å². The van der Waals surface area contributed by atoms with Crippen molar-refractivity contribution in [3.63, 3.8) is 0 Å². The van der Waals surface area contributed by atoms with Gasteiger partial charge in [-0.3, -0.25) is 5.41 Å². The number of hydrogen-bond donors (Lipinski definition) is 4. The summed E-state index contributed by atoms with van der Waals surface area (Å²) < 4.78 is 6.01. The molecule has 7 nitrogen and oxygen atoms in total. The molecule has 0 aliphatic rings. The molecule has 156 valence electrons. The van der Waals surface area contributed by atoms with E-state index in [1.807, 2.05) is 36.4 Å². The van der Waals surface area contributed by atoms with E-state index in [2.05, 4.69) is 21.9 Å². The lowest BCUT2D eigenvalue weighted by molar-refractivity contribution is 0.307. The molecule has 0 aliphatic heterocycles. The van der Waals surface area contributed by atoms with Gasteiger partial charge in [0.05, 0.1) is 29.6 Å². The molecule has 5 N–H and O–H groups in total. The predicted octanol–water partition coefficient (Wildman–Crippen LogP) is 4.66. The van der Waals surface area contributed by atoms with E-state index in [1.165, 1.54) is 25.7 Å². The molecule has 30 heavy (non-hydrogen) atoms. The number of amidine groups is 1. The molecule has 2 aromatic carbocycles. The fourth-order valence-electron chi connectivity index (χ4n) is 3.61. The van der Waals surface area contributed by atoms with E-state index in [0.717, 1.165) is 45.9 Å². The molecule has 0 spiro atoms. The van der Waals surface area contributed by atoms with Gasteiger partial charge >= 0.3 is 0 Å². The number of para-hydroxylation sites is 1. The van der Waals surface area contributed by atoms with Crippen LogP contribution in [-0.2, 0) is 6.42 Å². The summed E-state index contributed by atoms with van der Waals surface area (Å²) in [7, 11) is 0. The normalized spacial score (nSPS) is 11.4. The van der Waals surface area contributed by atoms with Crippen LogP contribution in [0.1, 0.15) is 56.2 Å². The molecule has 0 radical (unpaired) electrons. The van der Waals surface area contributed by atoms with Gasteiger partial charge < -0.3 is 20.4 Å². The summed E-state index contributed by atoms with van der Waals surface area (Å²) in [5.74, 6) is 2.50. The van der Waals surface area contributed by atoms with Crippen molar-refractivity contribution in [2.45, 2.75) is 45.4 Å². The Balaban J connectivity index is 1.47. The van der Waals surface area contributed by atoms with Crippen LogP contribution in [0.25, 0.3) is 22.1 Å². The Bertz CT molecular complexity index is 1160. The molecule has 2 aromatic heterocycles. The van der Waals surface area contributed by atoms with Crippen LogP contribution >= 0.6 is 0 Å². The first-order chi connectivity index (χ1) is 14.6. The van der Waals surface area contributed by atoms with Crippen LogP contribution in [0.15, 0.2) is 36.4 Å². The number of fused-ring (bicyclic) bond motifs is 2. The third kappa shape index (κ3) is 4.45. The molecule has 0 saturated carbocycles. The third-order valence-corrected chi connectivity index (χ3v) is 5.21. The number of unbranched alkanes of at least 4 members (excludes halogenated alkanes) is 4. The Morgan fingerprint density at radius 2 is 1.80 bits per heavy atom. The van der Waals surface area contributed by atoms with Crippen LogP contribution in [0.5, 0.6) is 5.75 Å². The molecule has 0 bridgehead atoms. The van der Waals surface area contributed by atoms with Gasteiger partial charge in [-0.15, -0.1) is 0 Å². The van der Waals surface area contributed by atoms with Crippen molar-refractivity contribution in [3.05, 3.63) is 53.6 Å². The first-order valence-electron chi connectivity index (χ1n) is 10.6. The maximum atomic E-state index is 7.58. The van der Waals surface area contributed by atoms with Gasteiger partial charge in [0, 0.05) is 5.56 Å². The maximum absolute atomic E-state index is 7.58. The average Bonchev–Trinajstić information content (AvgIpc) is 3.33. The number of imidazole rings is 2. The summed E-state index contributed by atoms with van der Waals surface area (Å²) in [6.07, 6.45) is 6.62. The number of nitrogens with two attached hydrogens (primary N) is 1. The minimum Gasteiger partial charge on any atom is -0.491 e. The number of nitrogen functional groups attached to an aromatic ring is 1. The van der Waals surface area contributed by atoms with Gasteiger partial charge in [0.2, 0.25) is 0 Å². The molecule has 4 aromatic rings. The smallest absolute Gasteiger partial charge is 0.147 e. The van der Waals surface area contributed by atoms with E-state index in [9.17, 15) is 0 Å². The Morgan fingerprint density at radius 3 is 2.63 bits per heavy atom. The third-order valence-electron chi connectivity index (χ3n) is 5.21. The number of H-pyrrole nitrogens is 2. The number of nitrogens with one attached hydrogen (secondary N) is 3. The van der Waals surface area contributed by atoms with E-state index >= 15 is 0 Å². The second kappa shape index (κ2) is 8.98. The second-order valence-electron chi connectivity index (χ2n) is 7.60. The lowest BCUT2D eigenvalue weighted by Gasteiger charge is -2.06. The Morgan fingerprint density at radius 1 is 1.00 bits per heavy atom. The minimum atomic E-state index is 0.0385. The van der Waals surface area contributed by atoms with Gasteiger partial charge in [-0.2, -0.15) is 0 Å². The highest BCUT2D eigenvalue weighted by Gasteiger charge is 2.11. The van der Waals surface area contributed by atoms with Gasteiger partial charge in [0.25, 0.3) is 0 Å². The molecule has 0 amide bonds. The number of rotatable bonds is 10. The molecule has 2 heterocycles. The van der Waals surface area contributed by atoms with Crippen molar-refractivity contribution in [1.29, 1.82) is 5.41 Å². The quantitative estimate of drug-likeness (QED) is 0.175. The molecular formula is C23H28N6O. The number of nitrogens with zero attached hydrogens (tertiary/aromatic N) is 2. The first kappa shape index (κ1) is 19.9. The maximum Gasteiger partial charge on any atom is 0.147 e. The van der Waals surface area contributed by atoms with Gasteiger partial charge in [0.1, 0.15) is 28.8 Å². The number of aromatic nitrogens is 4. The van der Waals surface area contributed by atoms with E-state index in [4.69, 9.17) is 20.9 Å². The Labute approximate surface area is 175 Å². The summed E-state index contributed by atoms with van der Waals surface area (Å²) >= 11 is 0. The van der Waals surface area contributed by atoms with Crippen LogP contribution in [0.4, 0.5) is 0 Å². The molecule has 0 saturated heterocycles. The summed E-state index contributed by atoms with van der Waals surface area (Å²) in [4.78, 5) is 16.1. The zero-order valence-electron chi connectivity index (χ0n) is 17.3. The molecule has 0 atom stereocenters. The number of aromatic amines is 2. The summed E-state index contributed by atoms with van der Waals surface area (Å²) in [6.45, 7) is 2.94. The van der Waals surface area contributed by atoms with Crippen molar-refractivity contribution in [3.8, 4) is 5.75 Å². The van der Waals surface area contributed by atoms with Crippen molar-refractivity contribution in [1.82, 2.24) is 19.9 Å². The van der Waals surface area contributed by atoms with E-state index in [0.29, 0.717) is 18.6 Å². The fourth-order valence-corrected chi connectivity index (χ4v) is 3.61. The summed E-state index contributed by atoms with van der Waals surface area (Å²) in [5, 5.41) is 7.58. The van der Waals surface area contributed by atoms with Crippen molar-refractivity contribution < 1.29 is 4.74 Å². The number of benzene rings is 2. The average molecular weight is 405 g/mol. The molecule has 7 heteroatoms. The van der Waals surface area contributed by atoms with Crippen LogP contribution in [0.2, 0.25) is 0 Å². The summed E-state index contributed by atoms with van der Waals surface area (Å²) in [6, 6.07) is 11.5. The highest BCUT2D eigenvalue weighted by molar-refractivity contribution is 5.97. The zero-order valence-corrected chi connectivity index (χ0v) is 17.3. The lowest BCUT2D eigenvalue weighted by atomic mass is 10.2. The topological polar surface area (TPSA) is 116 Å². The van der Waals surface area contributed by atoms with Crippen molar-refractivity contribution in [2.24, 2.45) is 5.73 Å². The van der Waals surface area contributed by atoms with Crippen LogP contribution in [-0.4, -0.2) is 32.4 Å². The SMILES string of the molecule is CCCCCCCOc1cccc2[nH]c(Cc3nc4cc(C(=N)N)ccc4[nH]3)nc12. The molecule has 0 fully saturated rings. The van der Waals surface area contributed by atoms with Crippen molar-refractivity contribution >= 4 is 27.9 Å². The Hall–Kier alpha value is -3.35. The highest BCUT2D eigenvalue weighted by atomic mass is 16.5. The fraction of sp³-hybridized carbons (Fsp3) is 0.348. The summed E-state index contributed by atoms with van der Waals surface area (Å²) in [5.41, 5.74) is 9.77. The largest absolute Gasteiger partial charge is 0.491 e. The predicted molar refractivity (Wildman–Crippen MR) is 120 cm³/mol. The van der Waals surface area contributed by atoms with Gasteiger partial charge in [-0.05, 0) is 36.8 Å².